The quantitative estimate of drug-likeness (QED) is 0.618. The van der Waals surface area contributed by atoms with Gasteiger partial charge in [0.1, 0.15) is 0 Å². The van der Waals surface area contributed by atoms with Crippen molar-refractivity contribution in [3.63, 3.8) is 0 Å². The van der Waals surface area contributed by atoms with Gasteiger partial charge in [-0.25, -0.2) is 4.98 Å². The fourth-order valence-corrected chi connectivity index (χ4v) is 2.29. The molecular weight excluding hydrogens is 324 g/mol. The van der Waals surface area contributed by atoms with E-state index in [1.54, 1.807) is 19.1 Å². The second-order valence-electron chi connectivity index (χ2n) is 5.45. The van der Waals surface area contributed by atoms with Crippen LogP contribution in [0.25, 0.3) is 6.08 Å². The van der Waals surface area contributed by atoms with Gasteiger partial charge in [-0.1, -0.05) is 12.2 Å². The van der Waals surface area contributed by atoms with E-state index in [4.69, 9.17) is 0 Å². The van der Waals surface area contributed by atoms with E-state index in [-0.39, 0.29) is 23.1 Å². The minimum Gasteiger partial charge on any atom is -0.296 e. The summed E-state index contributed by atoms with van der Waals surface area (Å²) in [4.78, 5) is 39.9. The maximum atomic E-state index is 12.1. The van der Waals surface area contributed by atoms with Crippen molar-refractivity contribution in [3.8, 4) is 0 Å². The number of hydrogen-bond acceptors (Lipinski definition) is 5. The average molecular weight is 342 g/mol. The Kier molecular flexibility index (Phi) is 5.78. The third-order valence-electron chi connectivity index (χ3n) is 3.49. The molecule has 0 saturated carbocycles. The van der Waals surface area contributed by atoms with Crippen LogP contribution in [0.15, 0.2) is 35.1 Å². The van der Waals surface area contributed by atoms with Gasteiger partial charge in [0.2, 0.25) is 11.9 Å². The fourth-order valence-electron chi connectivity index (χ4n) is 2.29. The predicted molar refractivity (Wildman–Crippen MR) is 94.3 cm³/mol. The van der Waals surface area contributed by atoms with Crippen molar-refractivity contribution in [2.75, 3.05) is 5.32 Å². The molecule has 0 saturated heterocycles. The Labute approximate surface area is 143 Å². The molecule has 25 heavy (non-hydrogen) atoms. The van der Waals surface area contributed by atoms with Crippen molar-refractivity contribution in [2.45, 2.75) is 26.7 Å². The number of amides is 1. The van der Waals surface area contributed by atoms with Gasteiger partial charge in [0.15, 0.2) is 0 Å². The number of H-pyrrole nitrogens is 1. The molecule has 130 valence electrons. The zero-order chi connectivity index (χ0) is 18.4. The van der Waals surface area contributed by atoms with Gasteiger partial charge >= 0.3 is 0 Å². The van der Waals surface area contributed by atoms with E-state index in [0.29, 0.717) is 24.1 Å². The lowest BCUT2D eigenvalue weighted by atomic mass is 10.1. The number of nitro groups is 1. The van der Waals surface area contributed by atoms with Gasteiger partial charge in [-0.2, -0.15) is 0 Å². The van der Waals surface area contributed by atoms with Gasteiger partial charge in [0, 0.05) is 30.3 Å². The first-order chi connectivity index (χ1) is 11.9. The van der Waals surface area contributed by atoms with Crippen molar-refractivity contribution in [1.29, 1.82) is 0 Å². The van der Waals surface area contributed by atoms with Crippen molar-refractivity contribution < 1.29 is 9.72 Å². The summed E-state index contributed by atoms with van der Waals surface area (Å²) in [5, 5.41) is 13.0. The molecule has 2 rings (SSSR count). The van der Waals surface area contributed by atoms with Crippen LogP contribution < -0.4 is 10.9 Å². The maximum absolute atomic E-state index is 12.1. The van der Waals surface area contributed by atoms with Gasteiger partial charge in [-0.05, 0) is 37.5 Å². The standard InChI is InChI=1S/C17H18N4O4/c1-11-15(16(23)20-17(18-11)19-12(2)22)6-4-3-5-13-7-9-14(10-8-13)21(24)25/h3,5,7-10H,4,6H2,1-2H3,(H2,18,19,20,22,23)/b5-3-. The van der Waals surface area contributed by atoms with Crippen LogP contribution in [0.1, 0.15) is 30.2 Å². The molecule has 0 fully saturated rings. The van der Waals surface area contributed by atoms with Gasteiger partial charge < -0.3 is 0 Å². The van der Waals surface area contributed by atoms with E-state index < -0.39 is 4.92 Å². The highest BCUT2D eigenvalue weighted by Crippen LogP contribution is 2.13. The third-order valence-corrected chi connectivity index (χ3v) is 3.49. The zero-order valence-corrected chi connectivity index (χ0v) is 13.9. The van der Waals surface area contributed by atoms with E-state index in [1.807, 2.05) is 12.2 Å². The molecule has 0 bridgehead atoms. The Bertz CT molecular complexity index is 869. The van der Waals surface area contributed by atoms with Crippen LogP contribution in [-0.4, -0.2) is 20.8 Å². The molecule has 0 aliphatic heterocycles. The molecule has 1 aromatic carbocycles. The molecule has 0 spiro atoms. The number of aryl methyl sites for hydroxylation is 1. The molecular formula is C17H18N4O4. The number of benzene rings is 1. The summed E-state index contributed by atoms with van der Waals surface area (Å²) in [6.07, 6.45) is 4.84. The van der Waals surface area contributed by atoms with Crippen molar-refractivity contribution in [3.05, 3.63) is 67.6 Å². The Morgan fingerprint density at radius 2 is 2.04 bits per heavy atom. The van der Waals surface area contributed by atoms with E-state index in [9.17, 15) is 19.7 Å². The molecule has 1 heterocycles. The Morgan fingerprint density at radius 1 is 1.36 bits per heavy atom. The summed E-state index contributed by atoms with van der Waals surface area (Å²) in [6.45, 7) is 3.06. The van der Waals surface area contributed by atoms with Crippen LogP contribution in [0.4, 0.5) is 11.6 Å². The molecule has 0 atom stereocenters. The normalized spacial score (nSPS) is 10.8. The minimum absolute atomic E-state index is 0.0460. The van der Waals surface area contributed by atoms with E-state index >= 15 is 0 Å². The first-order valence-corrected chi connectivity index (χ1v) is 7.65. The third kappa shape index (κ3) is 5.10. The molecule has 0 radical (unpaired) electrons. The molecule has 0 unspecified atom stereocenters. The molecule has 0 aliphatic carbocycles. The molecule has 1 amide bonds. The van der Waals surface area contributed by atoms with Crippen LogP contribution in [0.2, 0.25) is 0 Å². The summed E-state index contributed by atoms with van der Waals surface area (Å²) in [7, 11) is 0. The topological polar surface area (TPSA) is 118 Å². The number of allylic oxidation sites excluding steroid dienone is 1. The predicted octanol–water partition coefficient (Wildman–Crippen LogP) is 2.59. The number of aromatic amines is 1. The number of carbonyl (C=O) groups is 1. The highest BCUT2D eigenvalue weighted by molar-refractivity contribution is 5.86. The number of anilines is 1. The van der Waals surface area contributed by atoms with Crippen LogP contribution in [-0.2, 0) is 11.2 Å². The van der Waals surface area contributed by atoms with Crippen LogP contribution in [0.5, 0.6) is 0 Å². The largest absolute Gasteiger partial charge is 0.296 e. The van der Waals surface area contributed by atoms with Crippen molar-refractivity contribution >= 4 is 23.6 Å². The summed E-state index contributed by atoms with van der Waals surface area (Å²) in [5.74, 6) is -0.165. The highest BCUT2D eigenvalue weighted by Gasteiger charge is 2.08. The average Bonchev–Trinajstić information content (AvgIpc) is 2.53. The fraction of sp³-hybridized carbons (Fsp3) is 0.235. The summed E-state index contributed by atoms with van der Waals surface area (Å²) in [5.41, 5.74) is 1.73. The monoisotopic (exact) mass is 342 g/mol. The first-order valence-electron chi connectivity index (χ1n) is 7.65. The first kappa shape index (κ1) is 18.1. The lowest BCUT2D eigenvalue weighted by Crippen LogP contribution is -2.20. The molecule has 2 aromatic rings. The molecule has 8 nitrogen and oxygen atoms in total. The number of carbonyl (C=O) groups excluding carboxylic acids is 1. The lowest BCUT2D eigenvalue weighted by molar-refractivity contribution is -0.384. The molecule has 0 aliphatic rings. The lowest BCUT2D eigenvalue weighted by Gasteiger charge is -2.06. The molecule has 2 N–H and O–H groups in total. The van der Waals surface area contributed by atoms with E-state index in [1.165, 1.54) is 19.1 Å². The minimum atomic E-state index is -0.444. The molecule has 1 aromatic heterocycles. The number of aromatic nitrogens is 2. The number of nitrogens with zero attached hydrogens (tertiary/aromatic N) is 2. The zero-order valence-electron chi connectivity index (χ0n) is 13.9. The summed E-state index contributed by atoms with van der Waals surface area (Å²) in [6, 6.07) is 6.21. The van der Waals surface area contributed by atoms with Gasteiger partial charge in [-0.15, -0.1) is 0 Å². The Balaban J connectivity index is 2.00. The second kappa shape index (κ2) is 8.00. The van der Waals surface area contributed by atoms with Crippen LogP contribution >= 0.6 is 0 Å². The van der Waals surface area contributed by atoms with Crippen molar-refractivity contribution in [2.24, 2.45) is 0 Å². The van der Waals surface area contributed by atoms with Crippen LogP contribution in [0.3, 0.4) is 0 Å². The number of nitro benzene ring substituents is 1. The van der Waals surface area contributed by atoms with E-state index in [2.05, 4.69) is 15.3 Å². The Hall–Kier alpha value is -3.29. The number of hydrogen-bond donors (Lipinski definition) is 2. The molecule has 8 heteroatoms. The second-order valence-corrected chi connectivity index (χ2v) is 5.45. The van der Waals surface area contributed by atoms with Crippen molar-refractivity contribution in [1.82, 2.24) is 9.97 Å². The SMILES string of the molecule is CC(=O)Nc1nc(C)c(CC/C=C\c2ccc([N+](=O)[O-])cc2)c(=O)[nH]1. The maximum Gasteiger partial charge on any atom is 0.269 e. The van der Waals surface area contributed by atoms with E-state index in [0.717, 1.165) is 5.56 Å². The van der Waals surface area contributed by atoms with Gasteiger partial charge in [0.25, 0.3) is 11.2 Å². The summed E-state index contributed by atoms with van der Waals surface area (Å²) >= 11 is 0. The number of nitrogens with one attached hydrogen (secondary N) is 2. The van der Waals surface area contributed by atoms with Crippen LogP contribution in [0, 0.1) is 17.0 Å². The summed E-state index contributed by atoms with van der Waals surface area (Å²) < 4.78 is 0. The van der Waals surface area contributed by atoms with Gasteiger partial charge in [-0.3, -0.25) is 30.0 Å². The van der Waals surface area contributed by atoms with Gasteiger partial charge in [0.05, 0.1) is 4.92 Å². The highest BCUT2D eigenvalue weighted by atomic mass is 16.6. The Morgan fingerprint density at radius 3 is 2.60 bits per heavy atom. The number of rotatable bonds is 6. The number of non-ortho nitro benzene ring substituents is 1. The smallest absolute Gasteiger partial charge is 0.269 e.